The number of carbonyl (C=O) groups excluding carboxylic acids is 2. The predicted molar refractivity (Wildman–Crippen MR) is 90.4 cm³/mol. The number of benzene rings is 1. The van der Waals surface area contributed by atoms with E-state index in [1.54, 1.807) is 40.4 Å². The fraction of sp³-hybridized carbons (Fsp3) is 0.316. The first kappa shape index (κ1) is 15.7. The van der Waals surface area contributed by atoms with E-state index in [1.165, 1.54) is 12.1 Å². The van der Waals surface area contributed by atoms with Gasteiger partial charge in [0.2, 0.25) is 11.8 Å². The number of carbonyl (C=O) groups is 2. The molecule has 2 fully saturated rings. The zero-order valence-corrected chi connectivity index (χ0v) is 13.6. The lowest BCUT2D eigenvalue weighted by molar-refractivity contribution is -0.131. The molecule has 0 aliphatic carbocycles. The van der Waals surface area contributed by atoms with Crippen LogP contribution in [0.15, 0.2) is 48.8 Å². The second-order valence-electron chi connectivity index (χ2n) is 6.50. The summed E-state index contributed by atoms with van der Waals surface area (Å²) in [6, 6.07) is 9.64. The highest BCUT2D eigenvalue weighted by Gasteiger charge is 2.48. The molecule has 25 heavy (non-hydrogen) atoms. The largest absolute Gasteiger partial charge is 0.337 e. The van der Waals surface area contributed by atoms with Crippen LogP contribution in [-0.2, 0) is 16.0 Å². The number of rotatable bonds is 3. The minimum atomic E-state index is -0.344. The molecule has 0 unspecified atom stereocenters. The van der Waals surface area contributed by atoms with Crippen molar-refractivity contribution in [2.75, 3.05) is 11.4 Å². The number of anilines is 1. The van der Waals surface area contributed by atoms with Gasteiger partial charge in [0.25, 0.3) is 0 Å². The Bertz CT molecular complexity index is 811. The zero-order valence-electron chi connectivity index (χ0n) is 13.6. The van der Waals surface area contributed by atoms with Crippen molar-refractivity contribution in [2.45, 2.75) is 31.3 Å². The third kappa shape index (κ3) is 2.88. The lowest BCUT2D eigenvalue weighted by atomic mass is 10.1. The molecule has 128 valence electrons. The van der Waals surface area contributed by atoms with Crippen LogP contribution in [0.4, 0.5) is 10.1 Å². The van der Waals surface area contributed by atoms with Gasteiger partial charge in [0.05, 0.1) is 30.4 Å². The van der Waals surface area contributed by atoms with Crippen LogP contribution in [0, 0.1) is 5.82 Å². The summed E-state index contributed by atoms with van der Waals surface area (Å²) in [7, 11) is 0. The van der Waals surface area contributed by atoms with Gasteiger partial charge in [-0.15, -0.1) is 0 Å². The van der Waals surface area contributed by atoms with E-state index >= 15 is 0 Å². The Labute approximate surface area is 145 Å². The average Bonchev–Trinajstić information content (AvgIpc) is 3.13. The molecule has 4 rings (SSSR count). The van der Waals surface area contributed by atoms with Crippen molar-refractivity contribution < 1.29 is 14.0 Å². The van der Waals surface area contributed by atoms with Crippen molar-refractivity contribution in [1.82, 2.24) is 9.88 Å². The van der Waals surface area contributed by atoms with E-state index in [0.29, 0.717) is 18.5 Å². The van der Waals surface area contributed by atoms with Gasteiger partial charge in [0, 0.05) is 19.2 Å². The molecule has 0 spiro atoms. The normalized spacial score (nSPS) is 22.4. The highest BCUT2D eigenvalue weighted by molar-refractivity contribution is 5.98. The Balaban J connectivity index is 1.51. The van der Waals surface area contributed by atoms with Gasteiger partial charge in [-0.05, 0) is 36.2 Å². The minimum Gasteiger partial charge on any atom is -0.337 e. The molecule has 5 nitrogen and oxygen atoms in total. The van der Waals surface area contributed by atoms with E-state index in [1.807, 2.05) is 6.07 Å². The second-order valence-corrected chi connectivity index (χ2v) is 6.50. The first-order valence-corrected chi connectivity index (χ1v) is 8.39. The average molecular weight is 339 g/mol. The molecule has 2 aliphatic rings. The van der Waals surface area contributed by atoms with Crippen LogP contribution >= 0.6 is 0 Å². The molecule has 6 heteroatoms. The summed E-state index contributed by atoms with van der Waals surface area (Å²) in [6.07, 6.45) is 4.58. The van der Waals surface area contributed by atoms with Gasteiger partial charge < -0.3 is 9.80 Å². The molecule has 2 atom stereocenters. The number of amides is 2. The number of fused-ring (bicyclic) bond motifs is 1. The minimum absolute atomic E-state index is 0.00633. The van der Waals surface area contributed by atoms with Gasteiger partial charge >= 0.3 is 0 Å². The van der Waals surface area contributed by atoms with Crippen molar-refractivity contribution in [3.8, 4) is 0 Å². The molecule has 3 heterocycles. The van der Waals surface area contributed by atoms with Crippen LogP contribution in [0.5, 0.6) is 0 Å². The maximum atomic E-state index is 13.3. The maximum absolute atomic E-state index is 13.3. The lowest BCUT2D eigenvalue weighted by Gasteiger charge is -2.25. The SMILES string of the molecule is O=C(Cc1cccc(F)c1)N1CC[C@H]2[C@H]1CC(=O)N2c1cccnc1. The third-order valence-electron chi connectivity index (χ3n) is 4.98. The topological polar surface area (TPSA) is 53.5 Å². The Kier molecular flexibility index (Phi) is 3.95. The number of likely N-dealkylation sites (tertiary alicyclic amines) is 1. The summed E-state index contributed by atoms with van der Waals surface area (Å²) in [4.78, 5) is 32.8. The van der Waals surface area contributed by atoms with Crippen molar-refractivity contribution in [2.24, 2.45) is 0 Å². The molecular formula is C19H18FN3O2. The monoisotopic (exact) mass is 339 g/mol. The lowest BCUT2D eigenvalue weighted by Crippen LogP contribution is -2.40. The van der Waals surface area contributed by atoms with Crippen LogP contribution in [0.2, 0.25) is 0 Å². The fourth-order valence-corrected chi connectivity index (χ4v) is 3.91. The summed E-state index contributed by atoms with van der Waals surface area (Å²) in [5.41, 5.74) is 1.43. The van der Waals surface area contributed by atoms with Crippen molar-refractivity contribution in [3.05, 3.63) is 60.2 Å². The van der Waals surface area contributed by atoms with Gasteiger partial charge in [-0.25, -0.2) is 4.39 Å². The van der Waals surface area contributed by atoms with E-state index < -0.39 is 0 Å². The number of nitrogens with zero attached hydrogens (tertiary/aromatic N) is 3. The summed E-state index contributed by atoms with van der Waals surface area (Å²) >= 11 is 0. The standard InChI is InChI=1S/C19H18FN3O2/c20-14-4-1-3-13(9-14)10-18(24)22-8-6-16-17(22)11-19(25)23(16)15-5-2-7-21-12-15/h1-5,7,9,12,16-17H,6,8,10-11H2/t16-,17+/m0/s1. The summed E-state index contributed by atoms with van der Waals surface area (Å²) in [5.74, 6) is -0.381. The number of halogens is 1. The van der Waals surface area contributed by atoms with E-state index in [4.69, 9.17) is 0 Å². The Morgan fingerprint density at radius 3 is 2.88 bits per heavy atom. The third-order valence-corrected chi connectivity index (χ3v) is 4.98. The number of hydrogen-bond donors (Lipinski definition) is 0. The summed E-state index contributed by atoms with van der Waals surface area (Å²) in [6.45, 7) is 0.619. The molecule has 2 aliphatic heterocycles. The smallest absolute Gasteiger partial charge is 0.229 e. The number of aromatic nitrogens is 1. The van der Waals surface area contributed by atoms with Gasteiger partial charge in [0.1, 0.15) is 5.82 Å². The van der Waals surface area contributed by atoms with Crippen molar-refractivity contribution >= 4 is 17.5 Å². The molecule has 2 saturated heterocycles. The molecule has 2 aromatic rings. The molecule has 0 radical (unpaired) electrons. The van der Waals surface area contributed by atoms with Gasteiger partial charge in [-0.3, -0.25) is 14.6 Å². The van der Waals surface area contributed by atoms with Crippen LogP contribution in [0.3, 0.4) is 0 Å². The van der Waals surface area contributed by atoms with Crippen LogP contribution in [0.1, 0.15) is 18.4 Å². The highest BCUT2D eigenvalue weighted by atomic mass is 19.1. The zero-order chi connectivity index (χ0) is 17.4. The highest BCUT2D eigenvalue weighted by Crippen LogP contribution is 2.35. The molecule has 0 bridgehead atoms. The van der Waals surface area contributed by atoms with E-state index in [2.05, 4.69) is 4.98 Å². The first-order chi connectivity index (χ1) is 12.1. The Hall–Kier alpha value is -2.76. The maximum Gasteiger partial charge on any atom is 0.229 e. The van der Waals surface area contributed by atoms with E-state index in [0.717, 1.165) is 12.1 Å². The van der Waals surface area contributed by atoms with E-state index in [-0.39, 0.29) is 36.1 Å². The molecular weight excluding hydrogens is 321 g/mol. The van der Waals surface area contributed by atoms with Crippen molar-refractivity contribution in [3.63, 3.8) is 0 Å². The van der Waals surface area contributed by atoms with Crippen LogP contribution in [0.25, 0.3) is 0 Å². The van der Waals surface area contributed by atoms with E-state index in [9.17, 15) is 14.0 Å². The van der Waals surface area contributed by atoms with Gasteiger partial charge in [0.15, 0.2) is 0 Å². The van der Waals surface area contributed by atoms with Gasteiger partial charge in [-0.2, -0.15) is 0 Å². The van der Waals surface area contributed by atoms with Crippen molar-refractivity contribution in [1.29, 1.82) is 0 Å². The van der Waals surface area contributed by atoms with Crippen LogP contribution < -0.4 is 4.90 Å². The molecule has 1 aromatic heterocycles. The molecule has 0 N–H and O–H groups in total. The first-order valence-electron chi connectivity index (χ1n) is 8.39. The molecule has 0 saturated carbocycles. The second kappa shape index (κ2) is 6.27. The molecule has 2 amide bonds. The van der Waals surface area contributed by atoms with Gasteiger partial charge in [-0.1, -0.05) is 12.1 Å². The Morgan fingerprint density at radius 2 is 2.12 bits per heavy atom. The Morgan fingerprint density at radius 1 is 1.24 bits per heavy atom. The van der Waals surface area contributed by atoms with Crippen LogP contribution in [-0.4, -0.2) is 40.3 Å². The summed E-state index contributed by atoms with van der Waals surface area (Å²) in [5, 5.41) is 0. The summed E-state index contributed by atoms with van der Waals surface area (Å²) < 4.78 is 13.3. The molecule has 1 aromatic carbocycles. The quantitative estimate of drug-likeness (QED) is 0.861. The fourth-order valence-electron chi connectivity index (χ4n) is 3.91. The number of pyridine rings is 1. The predicted octanol–water partition coefficient (Wildman–Crippen LogP) is 2.17. The number of hydrogen-bond acceptors (Lipinski definition) is 3.